The van der Waals surface area contributed by atoms with Gasteiger partial charge in [-0.1, -0.05) is 12.1 Å². The van der Waals surface area contributed by atoms with Gasteiger partial charge in [-0.25, -0.2) is 19.1 Å². The Bertz CT molecular complexity index is 830. The molecule has 1 amide bonds. The minimum atomic E-state index is -0.671. The maximum absolute atomic E-state index is 13.2. The van der Waals surface area contributed by atoms with Gasteiger partial charge < -0.3 is 9.47 Å². The van der Waals surface area contributed by atoms with E-state index in [1.807, 2.05) is 6.92 Å². The lowest BCUT2D eigenvalue weighted by molar-refractivity contribution is -0.142. The number of hydrogen-bond donors (Lipinski definition) is 0. The van der Waals surface area contributed by atoms with Gasteiger partial charge in [0.2, 0.25) is 0 Å². The molecular weight excluding hydrogens is 395 g/mol. The zero-order valence-electron chi connectivity index (χ0n) is 17.4. The van der Waals surface area contributed by atoms with Gasteiger partial charge in [0, 0.05) is 11.4 Å². The predicted molar refractivity (Wildman–Crippen MR) is 111 cm³/mol. The molecule has 158 valence electrons. The summed E-state index contributed by atoms with van der Waals surface area (Å²) >= 11 is 1.26. The average Bonchev–Trinajstić information content (AvgIpc) is 3.03. The molecule has 0 N–H and O–H groups in total. The van der Waals surface area contributed by atoms with Gasteiger partial charge in [0.15, 0.2) is 5.13 Å². The monoisotopic (exact) mass is 422 g/mol. The first-order valence-corrected chi connectivity index (χ1v) is 10.3. The molecule has 0 spiro atoms. The highest BCUT2D eigenvalue weighted by Crippen LogP contribution is 2.27. The highest BCUT2D eigenvalue weighted by atomic mass is 32.1. The first kappa shape index (κ1) is 22.8. The molecule has 0 saturated carbocycles. The third-order valence-corrected chi connectivity index (χ3v) is 4.74. The van der Waals surface area contributed by atoms with Gasteiger partial charge in [-0.2, -0.15) is 0 Å². The molecule has 1 unspecified atom stereocenters. The fraction of sp³-hybridized carbons (Fsp3) is 0.476. The Morgan fingerprint density at radius 1 is 1.24 bits per heavy atom. The third kappa shape index (κ3) is 7.12. The Labute approximate surface area is 174 Å². The minimum absolute atomic E-state index is 0.0405. The van der Waals surface area contributed by atoms with Crippen LogP contribution >= 0.6 is 11.3 Å². The Balaban J connectivity index is 2.24. The van der Waals surface area contributed by atoms with Crippen LogP contribution in [-0.2, 0) is 27.1 Å². The fourth-order valence-electron chi connectivity index (χ4n) is 2.66. The second-order valence-corrected chi connectivity index (χ2v) is 8.47. The summed E-state index contributed by atoms with van der Waals surface area (Å²) in [5.41, 5.74) is 0.748. The summed E-state index contributed by atoms with van der Waals surface area (Å²) < 4.78 is 23.7. The Morgan fingerprint density at radius 2 is 1.90 bits per heavy atom. The van der Waals surface area contributed by atoms with Crippen LogP contribution < -0.4 is 4.90 Å². The van der Waals surface area contributed by atoms with Crippen molar-refractivity contribution in [3.05, 3.63) is 46.7 Å². The summed E-state index contributed by atoms with van der Waals surface area (Å²) in [6, 6.07) is 5.86. The topological polar surface area (TPSA) is 68.7 Å². The maximum Gasteiger partial charge on any atom is 0.416 e. The molecule has 2 aromatic rings. The lowest BCUT2D eigenvalue weighted by atomic mass is 10.1. The molecule has 1 aromatic heterocycles. The van der Waals surface area contributed by atoms with Gasteiger partial charge >= 0.3 is 12.1 Å². The lowest BCUT2D eigenvalue weighted by Crippen LogP contribution is -2.43. The van der Waals surface area contributed by atoms with E-state index in [1.54, 1.807) is 45.2 Å². The third-order valence-electron chi connectivity index (χ3n) is 3.85. The molecule has 0 bridgehead atoms. The van der Waals surface area contributed by atoms with E-state index in [-0.39, 0.29) is 24.2 Å². The van der Waals surface area contributed by atoms with Crippen molar-refractivity contribution in [1.82, 2.24) is 4.98 Å². The lowest BCUT2D eigenvalue weighted by Gasteiger charge is -2.30. The quantitative estimate of drug-likeness (QED) is 0.602. The average molecular weight is 423 g/mol. The number of amides is 1. The van der Waals surface area contributed by atoms with E-state index in [1.165, 1.54) is 28.4 Å². The van der Waals surface area contributed by atoms with Gasteiger partial charge in [-0.3, -0.25) is 4.79 Å². The molecule has 2 rings (SSSR count). The Morgan fingerprint density at radius 3 is 2.48 bits per heavy atom. The van der Waals surface area contributed by atoms with Crippen LogP contribution in [0.1, 0.15) is 45.9 Å². The number of anilines is 1. The normalized spacial score (nSPS) is 12.3. The summed E-state index contributed by atoms with van der Waals surface area (Å²) in [6.07, 6.45) is 0.00895. The molecule has 0 aliphatic carbocycles. The highest BCUT2D eigenvalue weighted by Gasteiger charge is 2.30. The number of esters is 1. The number of thiazole rings is 1. The molecule has 1 atom stereocenters. The summed E-state index contributed by atoms with van der Waals surface area (Å²) in [6.45, 7) is 9.30. The van der Waals surface area contributed by atoms with Crippen LogP contribution in [0.2, 0.25) is 0 Å². The van der Waals surface area contributed by atoms with Crippen molar-refractivity contribution >= 4 is 28.5 Å². The number of carbonyl (C=O) groups excluding carboxylic acids is 2. The fourth-order valence-corrected chi connectivity index (χ4v) is 3.57. The molecule has 8 heteroatoms. The molecule has 0 radical (unpaired) electrons. The van der Waals surface area contributed by atoms with Crippen LogP contribution in [0.25, 0.3) is 0 Å². The van der Waals surface area contributed by atoms with E-state index in [0.717, 1.165) is 5.56 Å². The molecule has 29 heavy (non-hydrogen) atoms. The minimum Gasteiger partial charge on any atom is -0.466 e. The molecule has 6 nitrogen and oxygen atoms in total. The molecule has 0 aliphatic rings. The summed E-state index contributed by atoms with van der Waals surface area (Å²) in [4.78, 5) is 30.5. The van der Waals surface area contributed by atoms with Crippen LogP contribution in [0, 0.1) is 5.82 Å². The number of hydrogen-bond acceptors (Lipinski definition) is 6. The van der Waals surface area contributed by atoms with Crippen LogP contribution in [0.4, 0.5) is 14.3 Å². The zero-order chi connectivity index (χ0) is 21.6. The van der Waals surface area contributed by atoms with E-state index in [4.69, 9.17) is 9.47 Å². The number of nitrogens with zero attached hydrogens (tertiary/aromatic N) is 2. The van der Waals surface area contributed by atoms with Crippen LogP contribution in [0.5, 0.6) is 0 Å². The van der Waals surface area contributed by atoms with E-state index in [0.29, 0.717) is 23.9 Å². The van der Waals surface area contributed by atoms with Crippen molar-refractivity contribution in [2.45, 2.75) is 59.1 Å². The number of halogens is 1. The van der Waals surface area contributed by atoms with Crippen molar-refractivity contribution in [1.29, 1.82) is 0 Å². The molecule has 1 aromatic carbocycles. The van der Waals surface area contributed by atoms with Crippen LogP contribution in [0.3, 0.4) is 0 Å². The van der Waals surface area contributed by atoms with Gasteiger partial charge in [-0.15, -0.1) is 11.3 Å². The van der Waals surface area contributed by atoms with E-state index in [9.17, 15) is 14.0 Å². The number of ether oxygens (including phenoxy) is 2. The standard InChI is InChI=1S/C21H27FN2O4S/c1-6-27-18(25)12-17-13-29-19(23-17)24(20(26)28-21(3,4)5)14(2)11-15-7-9-16(22)10-8-15/h7-10,13-14H,6,11-12H2,1-5H3. The molecule has 0 fully saturated rings. The summed E-state index contributed by atoms with van der Waals surface area (Å²) in [5, 5.41) is 2.17. The first-order valence-electron chi connectivity index (χ1n) is 9.45. The molecule has 0 saturated heterocycles. The zero-order valence-corrected chi connectivity index (χ0v) is 18.2. The van der Waals surface area contributed by atoms with Crippen molar-refractivity contribution in [3.8, 4) is 0 Å². The number of aromatic nitrogens is 1. The number of carbonyl (C=O) groups is 2. The Kier molecular flexibility index (Phi) is 7.73. The highest BCUT2D eigenvalue weighted by molar-refractivity contribution is 7.14. The number of benzene rings is 1. The summed E-state index contributed by atoms with van der Waals surface area (Å²) in [5.74, 6) is -0.679. The number of rotatable bonds is 7. The van der Waals surface area contributed by atoms with Gasteiger partial charge in [0.05, 0.1) is 18.7 Å². The van der Waals surface area contributed by atoms with Crippen molar-refractivity contribution in [2.24, 2.45) is 0 Å². The van der Waals surface area contributed by atoms with Crippen molar-refractivity contribution < 1.29 is 23.5 Å². The largest absolute Gasteiger partial charge is 0.466 e. The van der Waals surface area contributed by atoms with Crippen LogP contribution in [-0.4, -0.2) is 35.3 Å². The summed E-state index contributed by atoms with van der Waals surface area (Å²) in [7, 11) is 0. The SMILES string of the molecule is CCOC(=O)Cc1csc(N(C(=O)OC(C)(C)C)C(C)Cc2ccc(F)cc2)n1. The van der Waals surface area contributed by atoms with Gasteiger partial charge in [-0.05, 0) is 58.7 Å². The van der Waals surface area contributed by atoms with Gasteiger partial charge in [0.25, 0.3) is 0 Å². The first-order chi connectivity index (χ1) is 13.6. The van der Waals surface area contributed by atoms with Crippen molar-refractivity contribution in [3.63, 3.8) is 0 Å². The predicted octanol–water partition coefficient (Wildman–Crippen LogP) is 4.76. The van der Waals surface area contributed by atoms with Crippen LogP contribution in [0.15, 0.2) is 29.6 Å². The molecule has 0 aliphatic heterocycles. The van der Waals surface area contributed by atoms with E-state index < -0.39 is 11.7 Å². The molecular formula is C21H27FN2O4S. The van der Waals surface area contributed by atoms with Gasteiger partial charge in [0.1, 0.15) is 11.4 Å². The second-order valence-electron chi connectivity index (χ2n) is 7.63. The second kappa shape index (κ2) is 9.82. The smallest absolute Gasteiger partial charge is 0.416 e. The van der Waals surface area contributed by atoms with E-state index in [2.05, 4.69) is 4.98 Å². The van der Waals surface area contributed by atoms with Crippen molar-refractivity contribution in [2.75, 3.05) is 11.5 Å². The molecule has 1 heterocycles. The Hall–Kier alpha value is -2.48. The van der Waals surface area contributed by atoms with E-state index >= 15 is 0 Å². The maximum atomic E-state index is 13.2.